The Balaban J connectivity index is 2.18. The number of hydrogen-bond acceptors (Lipinski definition) is 4. The van der Waals surface area contributed by atoms with Crippen molar-refractivity contribution in [3.05, 3.63) is 45.6 Å². The number of amides is 1. The lowest BCUT2D eigenvalue weighted by Gasteiger charge is -2.25. The number of rotatable bonds is 7. The molecule has 0 saturated heterocycles. The minimum absolute atomic E-state index is 0.126. The van der Waals surface area contributed by atoms with Crippen LogP contribution in [0.25, 0.3) is 11.1 Å². The minimum atomic E-state index is -1.03. The molecular formula is C21H29NO4. The Bertz CT molecular complexity index is 765. The molecule has 2 atom stereocenters. The van der Waals surface area contributed by atoms with Crippen LogP contribution in [0.2, 0.25) is 0 Å². The Labute approximate surface area is 155 Å². The molecule has 0 saturated carbocycles. The van der Waals surface area contributed by atoms with Crippen molar-refractivity contribution in [3.8, 4) is 11.1 Å². The van der Waals surface area contributed by atoms with E-state index in [0.29, 0.717) is 17.5 Å². The fraction of sp³-hybridized carbons (Fsp3) is 0.524. The number of nitrogens with one attached hydrogen (secondary N) is 1. The number of hydrogen-bond donors (Lipinski definition) is 2. The molecule has 0 aliphatic rings. The molecule has 0 aromatic heterocycles. The van der Waals surface area contributed by atoms with Crippen LogP contribution in [0.15, 0.2) is 29.1 Å². The highest BCUT2D eigenvalue weighted by Crippen LogP contribution is 2.34. The first-order chi connectivity index (χ1) is 12.2. The van der Waals surface area contributed by atoms with Gasteiger partial charge < -0.3 is 15.2 Å². The SMILES string of the molecule is CCCC[C@H](NC(=O)OC(C)(C)C)C(O)c1c(-c2ccccc2C)c1=O. The van der Waals surface area contributed by atoms with Crippen LogP contribution in [0.5, 0.6) is 0 Å². The second-order valence-electron chi connectivity index (χ2n) is 7.77. The number of aliphatic hydroxyl groups excluding tert-OH is 1. The number of ether oxygens (including phenoxy) is 1. The van der Waals surface area contributed by atoms with E-state index in [1.807, 2.05) is 38.1 Å². The van der Waals surface area contributed by atoms with Crippen molar-refractivity contribution in [3.63, 3.8) is 0 Å². The minimum Gasteiger partial charge on any atom is -0.444 e. The van der Waals surface area contributed by atoms with Crippen LogP contribution >= 0.6 is 0 Å². The number of carbonyl (C=O) groups is 1. The zero-order chi connectivity index (χ0) is 19.5. The van der Waals surface area contributed by atoms with E-state index in [0.717, 1.165) is 24.0 Å². The molecular weight excluding hydrogens is 330 g/mol. The van der Waals surface area contributed by atoms with E-state index >= 15 is 0 Å². The average molecular weight is 359 g/mol. The summed E-state index contributed by atoms with van der Waals surface area (Å²) in [5, 5.41) is 13.5. The fourth-order valence-corrected chi connectivity index (χ4v) is 2.98. The van der Waals surface area contributed by atoms with Crippen LogP contribution in [0.3, 0.4) is 0 Å². The van der Waals surface area contributed by atoms with E-state index < -0.39 is 23.8 Å². The van der Waals surface area contributed by atoms with Gasteiger partial charge in [0.25, 0.3) is 0 Å². The van der Waals surface area contributed by atoms with Crippen LogP contribution in [0.4, 0.5) is 4.79 Å². The van der Waals surface area contributed by atoms with Gasteiger partial charge in [0.1, 0.15) is 11.7 Å². The molecule has 2 N–H and O–H groups in total. The number of aryl methyl sites for hydroxylation is 1. The van der Waals surface area contributed by atoms with Gasteiger partial charge in [0, 0.05) is 11.1 Å². The lowest BCUT2D eigenvalue weighted by Crippen LogP contribution is -2.42. The van der Waals surface area contributed by atoms with Gasteiger partial charge in [-0.1, -0.05) is 44.0 Å². The lowest BCUT2D eigenvalue weighted by atomic mass is 10.00. The van der Waals surface area contributed by atoms with Crippen molar-refractivity contribution >= 4 is 6.09 Å². The Hall–Kier alpha value is -2.14. The summed E-state index contributed by atoms with van der Waals surface area (Å²) in [7, 11) is 0. The van der Waals surface area contributed by atoms with Gasteiger partial charge in [-0.2, -0.15) is 0 Å². The van der Waals surface area contributed by atoms with E-state index in [9.17, 15) is 14.7 Å². The summed E-state index contributed by atoms with van der Waals surface area (Å²) >= 11 is 0. The zero-order valence-electron chi connectivity index (χ0n) is 16.3. The Kier molecular flexibility index (Phi) is 6.24. The molecule has 5 heteroatoms. The first-order valence-corrected chi connectivity index (χ1v) is 9.18. The van der Waals surface area contributed by atoms with E-state index in [1.54, 1.807) is 20.8 Å². The van der Waals surface area contributed by atoms with Crippen LogP contribution in [0, 0.1) is 6.92 Å². The standard InChI is InChI=1S/C21H29NO4/c1-6-7-12-15(22-20(25)26-21(3,4)5)18(23)17-16(19(17)24)14-11-9-8-10-13(14)2/h8-11,15,18,23H,6-7,12H2,1-5H3,(H,22,25)/t15-,18?/m0/s1. The Morgan fingerprint density at radius 3 is 2.50 bits per heavy atom. The highest BCUT2D eigenvalue weighted by atomic mass is 16.6. The Morgan fingerprint density at radius 2 is 1.92 bits per heavy atom. The molecule has 2 rings (SSSR count). The third-order valence-corrected chi connectivity index (χ3v) is 4.34. The third kappa shape index (κ3) is 4.94. The Morgan fingerprint density at radius 1 is 1.27 bits per heavy atom. The van der Waals surface area contributed by atoms with Gasteiger partial charge in [-0.15, -0.1) is 0 Å². The number of carbonyl (C=O) groups excluding carboxylic acids is 1. The molecule has 2 aromatic carbocycles. The number of alkyl carbamates (subject to hydrolysis) is 1. The summed E-state index contributed by atoms with van der Waals surface area (Å²) in [4.78, 5) is 24.4. The molecule has 142 valence electrons. The van der Waals surface area contributed by atoms with Crippen molar-refractivity contribution in [2.75, 3.05) is 0 Å². The summed E-state index contributed by atoms with van der Waals surface area (Å²) in [5.74, 6) is 0. The summed E-state index contributed by atoms with van der Waals surface area (Å²) in [6.45, 7) is 9.33. The monoisotopic (exact) mass is 359 g/mol. The maximum absolute atomic E-state index is 12.3. The van der Waals surface area contributed by atoms with Crippen molar-refractivity contribution < 1.29 is 14.6 Å². The molecule has 0 heterocycles. The van der Waals surface area contributed by atoms with Crippen molar-refractivity contribution in [1.82, 2.24) is 5.32 Å². The predicted molar refractivity (Wildman–Crippen MR) is 103 cm³/mol. The van der Waals surface area contributed by atoms with Gasteiger partial charge in [0.15, 0.2) is 5.43 Å². The molecule has 0 spiro atoms. The maximum Gasteiger partial charge on any atom is 0.407 e. The predicted octanol–water partition coefficient (Wildman–Crippen LogP) is 4.01. The summed E-state index contributed by atoms with van der Waals surface area (Å²) in [6, 6.07) is 7.05. The summed E-state index contributed by atoms with van der Waals surface area (Å²) in [5.41, 5.74) is 2.06. The van der Waals surface area contributed by atoms with Crippen LogP contribution in [-0.4, -0.2) is 22.8 Å². The zero-order valence-corrected chi connectivity index (χ0v) is 16.3. The van der Waals surface area contributed by atoms with E-state index in [2.05, 4.69) is 5.32 Å². The largest absolute Gasteiger partial charge is 0.444 e. The quantitative estimate of drug-likeness (QED) is 0.783. The van der Waals surface area contributed by atoms with Gasteiger partial charge in [-0.3, -0.25) is 4.79 Å². The third-order valence-electron chi connectivity index (χ3n) is 4.34. The molecule has 2 aromatic rings. The summed E-state index contributed by atoms with van der Waals surface area (Å²) < 4.78 is 5.29. The van der Waals surface area contributed by atoms with Crippen molar-refractivity contribution in [1.29, 1.82) is 0 Å². The molecule has 0 aliphatic carbocycles. The summed E-state index contributed by atoms with van der Waals surface area (Å²) in [6.07, 6.45) is 0.726. The van der Waals surface area contributed by atoms with E-state index in [1.165, 1.54) is 0 Å². The first-order valence-electron chi connectivity index (χ1n) is 9.18. The highest BCUT2D eigenvalue weighted by molar-refractivity contribution is 5.79. The fourth-order valence-electron chi connectivity index (χ4n) is 2.98. The van der Waals surface area contributed by atoms with Gasteiger partial charge in [-0.05, 0) is 45.2 Å². The maximum atomic E-state index is 12.3. The van der Waals surface area contributed by atoms with Crippen LogP contribution < -0.4 is 10.7 Å². The number of benzene rings is 1. The lowest BCUT2D eigenvalue weighted by molar-refractivity contribution is 0.0414. The van der Waals surface area contributed by atoms with Crippen molar-refractivity contribution in [2.24, 2.45) is 0 Å². The molecule has 0 radical (unpaired) electrons. The van der Waals surface area contributed by atoms with Gasteiger partial charge in [0.05, 0.1) is 6.04 Å². The smallest absolute Gasteiger partial charge is 0.407 e. The van der Waals surface area contributed by atoms with Crippen molar-refractivity contribution in [2.45, 2.75) is 71.6 Å². The molecule has 1 unspecified atom stereocenters. The first kappa shape index (κ1) is 20.2. The molecule has 26 heavy (non-hydrogen) atoms. The second kappa shape index (κ2) is 8.04. The van der Waals surface area contributed by atoms with Gasteiger partial charge in [-0.25, -0.2) is 4.79 Å². The molecule has 0 aliphatic heterocycles. The highest BCUT2D eigenvalue weighted by Gasteiger charge is 2.36. The second-order valence-corrected chi connectivity index (χ2v) is 7.77. The van der Waals surface area contributed by atoms with Gasteiger partial charge in [0.2, 0.25) is 0 Å². The molecule has 1 amide bonds. The number of aliphatic hydroxyl groups is 1. The molecule has 5 nitrogen and oxygen atoms in total. The van der Waals surface area contributed by atoms with E-state index in [4.69, 9.17) is 4.74 Å². The molecule has 0 fully saturated rings. The topological polar surface area (TPSA) is 75.6 Å². The van der Waals surface area contributed by atoms with Crippen LogP contribution in [-0.2, 0) is 4.74 Å². The van der Waals surface area contributed by atoms with Gasteiger partial charge >= 0.3 is 6.09 Å². The normalized spacial score (nSPS) is 14.2. The van der Waals surface area contributed by atoms with E-state index in [-0.39, 0.29) is 5.43 Å². The average Bonchev–Trinajstić information content (AvgIpc) is 3.20. The van der Waals surface area contributed by atoms with Crippen LogP contribution in [0.1, 0.15) is 64.2 Å². The molecule has 0 bridgehead atoms. The number of unbranched alkanes of at least 4 members (excludes halogenated alkanes) is 1.